The number of likely N-dealkylation sites (tertiary alicyclic amines) is 1. The molecule has 6 heteroatoms. The number of aromatic nitrogens is 2. The Morgan fingerprint density at radius 1 is 1.25 bits per heavy atom. The molecular weight excluding hydrogens is 306 g/mol. The molecule has 1 aliphatic heterocycles. The van der Waals surface area contributed by atoms with Gasteiger partial charge in [0, 0.05) is 24.7 Å². The normalized spacial score (nSPS) is 17.8. The Morgan fingerprint density at radius 2 is 2.08 bits per heavy atom. The van der Waals surface area contributed by atoms with Gasteiger partial charge in [-0.1, -0.05) is 5.16 Å². The molecule has 24 heavy (non-hydrogen) atoms. The molecule has 122 valence electrons. The predicted molar refractivity (Wildman–Crippen MR) is 86.6 cm³/mol. The molecule has 0 radical (unpaired) electrons. The summed E-state index contributed by atoms with van der Waals surface area (Å²) in [5.41, 5.74) is 2.55. The lowest BCUT2D eigenvalue weighted by atomic mass is 10.1. The first-order valence-corrected chi connectivity index (χ1v) is 8.45. The molecule has 4 heterocycles. The lowest BCUT2D eigenvalue weighted by molar-refractivity contribution is 0.0794. The summed E-state index contributed by atoms with van der Waals surface area (Å²) < 4.78 is 10.9. The Hall–Kier alpha value is -2.63. The van der Waals surface area contributed by atoms with Crippen molar-refractivity contribution in [3.05, 3.63) is 35.7 Å². The van der Waals surface area contributed by atoms with Crippen LogP contribution in [0.2, 0.25) is 0 Å². The van der Waals surface area contributed by atoms with E-state index < -0.39 is 0 Å². The van der Waals surface area contributed by atoms with Crippen LogP contribution < -0.4 is 0 Å². The fourth-order valence-corrected chi connectivity index (χ4v) is 3.40. The van der Waals surface area contributed by atoms with Gasteiger partial charge in [0.05, 0.1) is 17.2 Å². The summed E-state index contributed by atoms with van der Waals surface area (Å²) in [4.78, 5) is 19.6. The van der Waals surface area contributed by atoms with Gasteiger partial charge >= 0.3 is 0 Å². The number of carbonyl (C=O) groups is 1. The van der Waals surface area contributed by atoms with E-state index in [0.29, 0.717) is 34.0 Å². The quantitative estimate of drug-likeness (QED) is 0.736. The van der Waals surface area contributed by atoms with Crippen molar-refractivity contribution in [1.29, 1.82) is 0 Å². The van der Waals surface area contributed by atoms with Crippen molar-refractivity contribution in [2.24, 2.45) is 0 Å². The zero-order chi connectivity index (χ0) is 16.1. The molecular formula is C18H17N3O3. The summed E-state index contributed by atoms with van der Waals surface area (Å²) in [5, 5.41) is 4.78. The van der Waals surface area contributed by atoms with Crippen molar-refractivity contribution in [3.63, 3.8) is 0 Å². The summed E-state index contributed by atoms with van der Waals surface area (Å²) in [5.74, 6) is 1.07. The number of furan rings is 1. The predicted octanol–water partition coefficient (Wildman–Crippen LogP) is 3.60. The van der Waals surface area contributed by atoms with Gasteiger partial charge in [-0.3, -0.25) is 4.79 Å². The van der Waals surface area contributed by atoms with Gasteiger partial charge in [-0.05, 0) is 43.9 Å². The summed E-state index contributed by atoms with van der Waals surface area (Å²) >= 11 is 0. The van der Waals surface area contributed by atoms with E-state index in [9.17, 15) is 4.79 Å². The minimum absolute atomic E-state index is 0.0396. The van der Waals surface area contributed by atoms with Crippen molar-refractivity contribution in [1.82, 2.24) is 15.0 Å². The van der Waals surface area contributed by atoms with Crippen molar-refractivity contribution in [2.75, 3.05) is 13.1 Å². The zero-order valence-corrected chi connectivity index (χ0v) is 13.2. The van der Waals surface area contributed by atoms with Crippen LogP contribution in [0.4, 0.5) is 0 Å². The maximum absolute atomic E-state index is 13.1. The van der Waals surface area contributed by atoms with E-state index in [2.05, 4.69) is 10.1 Å². The molecule has 1 saturated heterocycles. The van der Waals surface area contributed by atoms with E-state index in [-0.39, 0.29) is 5.91 Å². The second-order valence-electron chi connectivity index (χ2n) is 6.56. The molecule has 3 aromatic heterocycles. The summed E-state index contributed by atoms with van der Waals surface area (Å²) in [7, 11) is 0. The molecule has 1 saturated carbocycles. The Morgan fingerprint density at radius 3 is 2.79 bits per heavy atom. The third kappa shape index (κ3) is 2.13. The first-order valence-electron chi connectivity index (χ1n) is 8.45. The second kappa shape index (κ2) is 5.19. The molecule has 5 rings (SSSR count). The number of carbonyl (C=O) groups excluding carboxylic acids is 1. The molecule has 0 spiro atoms. The molecule has 0 unspecified atom stereocenters. The summed E-state index contributed by atoms with van der Waals surface area (Å²) in [6, 6.07) is 5.55. The van der Waals surface area contributed by atoms with Crippen LogP contribution in [0.3, 0.4) is 0 Å². The van der Waals surface area contributed by atoms with Crippen LogP contribution in [0.1, 0.15) is 47.7 Å². The van der Waals surface area contributed by atoms with Crippen LogP contribution in [0.25, 0.3) is 22.6 Å². The Balaban J connectivity index is 1.71. The number of rotatable bonds is 3. The molecule has 2 fully saturated rings. The van der Waals surface area contributed by atoms with Gasteiger partial charge in [0.1, 0.15) is 0 Å². The second-order valence-corrected chi connectivity index (χ2v) is 6.56. The number of hydrogen-bond acceptors (Lipinski definition) is 5. The van der Waals surface area contributed by atoms with Crippen LogP contribution >= 0.6 is 0 Å². The van der Waals surface area contributed by atoms with Crippen molar-refractivity contribution < 1.29 is 13.7 Å². The van der Waals surface area contributed by atoms with E-state index in [0.717, 1.165) is 44.5 Å². The topological polar surface area (TPSA) is 72.4 Å². The van der Waals surface area contributed by atoms with Crippen LogP contribution in [-0.4, -0.2) is 34.0 Å². The van der Waals surface area contributed by atoms with Crippen LogP contribution in [0.5, 0.6) is 0 Å². The van der Waals surface area contributed by atoms with E-state index in [1.165, 1.54) is 0 Å². The SMILES string of the molecule is O=C(c1cc(C2CC2)nc2onc(-c3ccco3)c12)N1CCCC1. The van der Waals surface area contributed by atoms with Gasteiger partial charge in [-0.25, -0.2) is 4.98 Å². The van der Waals surface area contributed by atoms with Crippen molar-refractivity contribution >= 4 is 17.0 Å². The average molecular weight is 323 g/mol. The van der Waals surface area contributed by atoms with Gasteiger partial charge < -0.3 is 13.8 Å². The maximum Gasteiger partial charge on any atom is 0.259 e. The third-order valence-corrected chi connectivity index (χ3v) is 4.84. The van der Waals surface area contributed by atoms with Crippen molar-refractivity contribution in [2.45, 2.75) is 31.6 Å². The first kappa shape index (κ1) is 13.8. The lowest BCUT2D eigenvalue weighted by Gasteiger charge is -2.16. The fraction of sp³-hybridized carbons (Fsp3) is 0.389. The smallest absolute Gasteiger partial charge is 0.259 e. The van der Waals surface area contributed by atoms with Gasteiger partial charge in [0.15, 0.2) is 11.5 Å². The molecule has 0 N–H and O–H groups in total. The van der Waals surface area contributed by atoms with E-state index >= 15 is 0 Å². The minimum Gasteiger partial charge on any atom is -0.463 e. The number of nitrogens with zero attached hydrogens (tertiary/aromatic N) is 3. The van der Waals surface area contributed by atoms with Crippen LogP contribution in [0, 0.1) is 0 Å². The molecule has 6 nitrogen and oxygen atoms in total. The molecule has 0 atom stereocenters. The Labute approximate surface area is 138 Å². The maximum atomic E-state index is 13.1. The van der Waals surface area contributed by atoms with E-state index in [1.54, 1.807) is 12.3 Å². The Bertz CT molecular complexity index is 903. The van der Waals surface area contributed by atoms with E-state index in [4.69, 9.17) is 8.94 Å². The zero-order valence-electron chi connectivity index (χ0n) is 13.2. The number of fused-ring (bicyclic) bond motifs is 1. The first-order chi connectivity index (χ1) is 11.8. The molecule has 0 aromatic carbocycles. The highest BCUT2D eigenvalue weighted by Gasteiger charge is 2.31. The van der Waals surface area contributed by atoms with Gasteiger partial charge in [0.25, 0.3) is 11.6 Å². The standard InChI is InChI=1S/C18H17N3O3/c22-18(21-7-1-2-8-21)12-10-13(11-5-6-11)19-17-15(12)16(20-24-17)14-4-3-9-23-14/h3-4,9-11H,1-2,5-8H2. The number of pyridine rings is 1. The largest absolute Gasteiger partial charge is 0.463 e. The molecule has 1 aliphatic carbocycles. The van der Waals surface area contributed by atoms with Gasteiger partial charge in [-0.2, -0.15) is 0 Å². The highest BCUT2D eigenvalue weighted by atomic mass is 16.5. The number of amides is 1. The highest BCUT2D eigenvalue weighted by Crippen LogP contribution is 2.41. The average Bonchev–Trinajstić information content (AvgIpc) is 3.03. The van der Waals surface area contributed by atoms with Gasteiger partial charge in [-0.15, -0.1) is 0 Å². The molecule has 3 aromatic rings. The molecule has 0 bridgehead atoms. The number of hydrogen-bond donors (Lipinski definition) is 0. The van der Waals surface area contributed by atoms with Gasteiger partial charge in [0.2, 0.25) is 0 Å². The highest BCUT2D eigenvalue weighted by molar-refractivity contribution is 6.09. The van der Waals surface area contributed by atoms with Crippen LogP contribution in [-0.2, 0) is 0 Å². The summed E-state index contributed by atoms with van der Waals surface area (Å²) in [6.07, 6.45) is 5.95. The Kier molecular flexibility index (Phi) is 2.98. The third-order valence-electron chi connectivity index (χ3n) is 4.84. The molecule has 1 amide bonds. The molecule has 2 aliphatic rings. The lowest BCUT2D eigenvalue weighted by Crippen LogP contribution is -2.28. The van der Waals surface area contributed by atoms with E-state index in [1.807, 2.05) is 17.0 Å². The van der Waals surface area contributed by atoms with Crippen molar-refractivity contribution in [3.8, 4) is 11.5 Å². The minimum atomic E-state index is 0.0396. The monoisotopic (exact) mass is 323 g/mol. The van der Waals surface area contributed by atoms with Crippen LogP contribution in [0.15, 0.2) is 33.4 Å². The summed E-state index contributed by atoms with van der Waals surface area (Å²) in [6.45, 7) is 1.62. The fourth-order valence-electron chi connectivity index (χ4n) is 3.40.